The SMILES string of the molecule is COc1ccc2c(c1)[C@@H]1C=CC[C@@H]1[C@H](c1cc([N+](=O)[O-])ccc1Cl)N2. The Morgan fingerprint density at radius 2 is 2.08 bits per heavy atom. The lowest BCUT2D eigenvalue weighted by Crippen LogP contribution is -2.29. The minimum absolute atomic E-state index is 0.0595. The van der Waals surface area contributed by atoms with E-state index in [9.17, 15) is 10.1 Å². The van der Waals surface area contributed by atoms with Gasteiger partial charge in [-0.1, -0.05) is 23.8 Å². The van der Waals surface area contributed by atoms with E-state index in [1.165, 1.54) is 11.6 Å². The molecule has 0 spiro atoms. The first-order valence-electron chi connectivity index (χ1n) is 8.13. The standard InChI is InChI=1S/C19H17ClN2O3/c1-25-12-6-8-18-15(10-12)13-3-2-4-14(13)19(21-18)16-9-11(22(23)24)5-7-17(16)20/h2-3,5-10,13-14,19,21H,4H2,1H3/t13-,14+,19-/m1/s1. The molecule has 128 valence electrons. The third-order valence-electron chi connectivity index (χ3n) is 5.10. The second-order valence-electron chi connectivity index (χ2n) is 6.39. The smallest absolute Gasteiger partial charge is 0.269 e. The van der Waals surface area contributed by atoms with Crippen LogP contribution in [0.15, 0.2) is 48.6 Å². The van der Waals surface area contributed by atoms with Crippen molar-refractivity contribution in [2.24, 2.45) is 5.92 Å². The number of halogens is 1. The van der Waals surface area contributed by atoms with Gasteiger partial charge in [0.15, 0.2) is 0 Å². The zero-order chi connectivity index (χ0) is 17.6. The van der Waals surface area contributed by atoms with Crippen LogP contribution in [0.3, 0.4) is 0 Å². The number of nitrogens with zero attached hydrogens (tertiary/aromatic N) is 1. The summed E-state index contributed by atoms with van der Waals surface area (Å²) in [5.74, 6) is 1.33. The number of hydrogen-bond acceptors (Lipinski definition) is 4. The van der Waals surface area contributed by atoms with Crippen LogP contribution >= 0.6 is 11.6 Å². The van der Waals surface area contributed by atoms with Crippen LogP contribution in [0, 0.1) is 16.0 Å². The maximum Gasteiger partial charge on any atom is 0.269 e. The van der Waals surface area contributed by atoms with E-state index in [0.717, 1.165) is 23.4 Å². The van der Waals surface area contributed by atoms with Crippen molar-refractivity contribution in [1.29, 1.82) is 0 Å². The van der Waals surface area contributed by atoms with Gasteiger partial charge in [0.05, 0.1) is 18.1 Å². The topological polar surface area (TPSA) is 64.4 Å². The number of non-ortho nitro benzene ring substituents is 1. The van der Waals surface area contributed by atoms with Crippen molar-refractivity contribution >= 4 is 23.0 Å². The molecule has 0 saturated carbocycles. The summed E-state index contributed by atoms with van der Waals surface area (Å²) in [4.78, 5) is 10.8. The van der Waals surface area contributed by atoms with Gasteiger partial charge < -0.3 is 10.1 Å². The first kappa shape index (κ1) is 16.0. The molecule has 0 amide bonds. The molecule has 0 unspecified atom stereocenters. The number of fused-ring (bicyclic) bond motifs is 3. The lowest BCUT2D eigenvalue weighted by Gasteiger charge is -2.37. The summed E-state index contributed by atoms with van der Waals surface area (Å²) in [6.45, 7) is 0. The third kappa shape index (κ3) is 2.65. The van der Waals surface area contributed by atoms with Crippen molar-refractivity contribution in [3.05, 3.63) is 74.8 Å². The van der Waals surface area contributed by atoms with E-state index in [1.807, 2.05) is 12.1 Å². The van der Waals surface area contributed by atoms with E-state index < -0.39 is 0 Å². The summed E-state index contributed by atoms with van der Waals surface area (Å²) in [5, 5.41) is 15.2. The van der Waals surface area contributed by atoms with Gasteiger partial charge in [0.25, 0.3) is 5.69 Å². The molecule has 0 radical (unpaired) electrons. The van der Waals surface area contributed by atoms with Crippen LogP contribution in [-0.2, 0) is 0 Å². The number of anilines is 1. The Hall–Kier alpha value is -2.53. The Labute approximate surface area is 150 Å². The number of nitro benzene ring substituents is 1. The van der Waals surface area contributed by atoms with Crippen LogP contribution in [0.25, 0.3) is 0 Å². The van der Waals surface area contributed by atoms with Gasteiger partial charge in [-0.25, -0.2) is 0 Å². The van der Waals surface area contributed by atoms with Gasteiger partial charge in [0.2, 0.25) is 0 Å². The third-order valence-corrected chi connectivity index (χ3v) is 5.44. The highest BCUT2D eigenvalue weighted by Gasteiger charge is 2.39. The maximum absolute atomic E-state index is 11.2. The van der Waals surface area contributed by atoms with Crippen molar-refractivity contribution < 1.29 is 9.66 Å². The molecule has 0 aromatic heterocycles. The summed E-state index contributed by atoms with van der Waals surface area (Å²) in [6, 6.07) is 10.5. The van der Waals surface area contributed by atoms with Gasteiger partial charge in [-0.15, -0.1) is 0 Å². The highest BCUT2D eigenvalue weighted by Crippen LogP contribution is 2.51. The second-order valence-corrected chi connectivity index (χ2v) is 6.80. The zero-order valence-electron chi connectivity index (χ0n) is 13.6. The summed E-state index contributed by atoms with van der Waals surface area (Å²) >= 11 is 6.40. The van der Waals surface area contributed by atoms with Crippen molar-refractivity contribution in [2.75, 3.05) is 12.4 Å². The van der Waals surface area contributed by atoms with Gasteiger partial charge in [0, 0.05) is 34.3 Å². The summed E-state index contributed by atoms with van der Waals surface area (Å²) in [5.41, 5.74) is 3.04. The lowest BCUT2D eigenvalue weighted by atomic mass is 9.77. The number of ether oxygens (including phenoxy) is 1. The fourth-order valence-electron chi connectivity index (χ4n) is 3.89. The first-order chi connectivity index (χ1) is 12.1. The molecule has 4 rings (SSSR count). The molecule has 2 aliphatic rings. The lowest BCUT2D eigenvalue weighted by molar-refractivity contribution is -0.384. The Balaban J connectivity index is 1.80. The Kier molecular flexibility index (Phi) is 3.88. The van der Waals surface area contributed by atoms with Crippen molar-refractivity contribution in [3.63, 3.8) is 0 Å². The molecule has 25 heavy (non-hydrogen) atoms. The number of benzene rings is 2. The molecular formula is C19H17ClN2O3. The molecule has 1 aliphatic heterocycles. The van der Waals surface area contributed by atoms with Crippen LogP contribution in [0.4, 0.5) is 11.4 Å². The van der Waals surface area contributed by atoms with Crippen LogP contribution < -0.4 is 10.1 Å². The average Bonchev–Trinajstić information content (AvgIpc) is 3.11. The molecule has 0 bridgehead atoms. The van der Waals surface area contributed by atoms with E-state index in [1.54, 1.807) is 19.2 Å². The Bertz CT molecular complexity index is 881. The van der Waals surface area contributed by atoms with Crippen molar-refractivity contribution in [3.8, 4) is 5.75 Å². The molecule has 5 nitrogen and oxygen atoms in total. The molecule has 0 fully saturated rings. The monoisotopic (exact) mass is 356 g/mol. The number of methoxy groups -OCH3 is 1. The van der Waals surface area contributed by atoms with Gasteiger partial charge in [-0.05, 0) is 42.2 Å². The molecule has 6 heteroatoms. The molecular weight excluding hydrogens is 340 g/mol. The highest BCUT2D eigenvalue weighted by molar-refractivity contribution is 6.31. The van der Waals surface area contributed by atoms with E-state index in [-0.39, 0.29) is 28.5 Å². The number of allylic oxidation sites excluding steroid dienone is 2. The van der Waals surface area contributed by atoms with Gasteiger partial charge in [0.1, 0.15) is 5.75 Å². The fraction of sp³-hybridized carbons (Fsp3) is 0.263. The first-order valence-corrected chi connectivity index (χ1v) is 8.51. The zero-order valence-corrected chi connectivity index (χ0v) is 14.4. The maximum atomic E-state index is 11.2. The molecule has 0 saturated heterocycles. The highest BCUT2D eigenvalue weighted by atomic mass is 35.5. The number of hydrogen-bond donors (Lipinski definition) is 1. The number of rotatable bonds is 3. The van der Waals surface area contributed by atoms with Crippen molar-refractivity contribution in [1.82, 2.24) is 0 Å². The van der Waals surface area contributed by atoms with E-state index in [4.69, 9.17) is 16.3 Å². The van der Waals surface area contributed by atoms with Gasteiger partial charge in [-0.3, -0.25) is 10.1 Å². The molecule has 1 aliphatic carbocycles. The quantitative estimate of drug-likeness (QED) is 0.473. The summed E-state index contributed by atoms with van der Waals surface area (Å²) in [6.07, 6.45) is 5.28. The molecule has 1 heterocycles. The largest absolute Gasteiger partial charge is 0.497 e. The van der Waals surface area contributed by atoms with Gasteiger partial charge in [-0.2, -0.15) is 0 Å². The predicted molar refractivity (Wildman–Crippen MR) is 97.5 cm³/mol. The second kappa shape index (κ2) is 6.08. The van der Waals surface area contributed by atoms with Crippen LogP contribution in [0.5, 0.6) is 5.75 Å². The Morgan fingerprint density at radius 3 is 2.84 bits per heavy atom. The number of nitro groups is 1. The Morgan fingerprint density at radius 1 is 1.24 bits per heavy atom. The molecule has 2 aromatic rings. The number of nitrogens with one attached hydrogen (secondary N) is 1. The molecule has 1 N–H and O–H groups in total. The minimum atomic E-state index is -0.383. The minimum Gasteiger partial charge on any atom is -0.497 e. The van der Waals surface area contributed by atoms with E-state index in [2.05, 4.69) is 23.5 Å². The summed E-state index contributed by atoms with van der Waals surface area (Å²) in [7, 11) is 1.66. The summed E-state index contributed by atoms with van der Waals surface area (Å²) < 4.78 is 5.35. The van der Waals surface area contributed by atoms with Crippen LogP contribution in [-0.4, -0.2) is 12.0 Å². The van der Waals surface area contributed by atoms with Crippen LogP contribution in [0.2, 0.25) is 5.02 Å². The normalized spacial score (nSPS) is 23.5. The van der Waals surface area contributed by atoms with E-state index >= 15 is 0 Å². The fourth-order valence-corrected chi connectivity index (χ4v) is 4.13. The average molecular weight is 357 g/mol. The predicted octanol–water partition coefficient (Wildman–Crippen LogP) is 5.08. The van der Waals surface area contributed by atoms with Crippen molar-refractivity contribution in [2.45, 2.75) is 18.4 Å². The van der Waals surface area contributed by atoms with E-state index in [0.29, 0.717) is 5.02 Å². The molecule has 2 aromatic carbocycles. The molecule has 3 atom stereocenters. The van der Waals surface area contributed by atoms with Crippen LogP contribution in [0.1, 0.15) is 29.5 Å². The van der Waals surface area contributed by atoms with Gasteiger partial charge >= 0.3 is 0 Å².